The number of rotatable bonds is 7. The van der Waals surface area contributed by atoms with Gasteiger partial charge in [0.1, 0.15) is 0 Å². The van der Waals surface area contributed by atoms with Crippen molar-refractivity contribution in [2.45, 2.75) is 13.8 Å². The molecule has 0 aliphatic heterocycles. The molecule has 0 unspecified atom stereocenters. The number of hydrogen-bond donors (Lipinski definition) is 0. The molecular formula is C12H18O4. The fraction of sp³-hybridized carbons (Fsp3) is 0.500. The van der Waals surface area contributed by atoms with E-state index in [4.69, 9.17) is 9.47 Å². The van der Waals surface area contributed by atoms with Crippen LogP contribution in [0.3, 0.4) is 0 Å². The Labute approximate surface area is 95.9 Å². The SMILES string of the molecule is C=C[C@H](COC(C)=O)[C@H](C=C)COC(C)=O. The second kappa shape index (κ2) is 7.68. The van der Waals surface area contributed by atoms with E-state index in [0.717, 1.165) is 0 Å². The number of carbonyl (C=O) groups is 2. The summed E-state index contributed by atoms with van der Waals surface area (Å²) in [5.74, 6) is -0.884. The molecule has 0 N–H and O–H groups in total. The van der Waals surface area contributed by atoms with E-state index in [1.54, 1.807) is 12.2 Å². The smallest absolute Gasteiger partial charge is 0.302 e. The third kappa shape index (κ3) is 6.01. The van der Waals surface area contributed by atoms with Crippen molar-refractivity contribution in [1.82, 2.24) is 0 Å². The number of esters is 2. The van der Waals surface area contributed by atoms with E-state index in [9.17, 15) is 9.59 Å². The lowest BCUT2D eigenvalue weighted by atomic mass is 9.94. The molecule has 0 saturated carbocycles. The van der Waals surface area contributed by atoms with Gasteiger partial charge in [-0.05, 0) is 0 Å². The topological polar surface area (TPSA) is 52.6 Å². The summed E-state index contributed by atoms with van der Waals surface area (Å²) in [6.45, 7) is 10.4. The Morgan fingerprint density at radius 3 is 1.50 bits per heavy atom. The van der Waals surface area contributed by atoms with Crippen LogP contribution in [0.5, 0.6) is 0 Å². The Kier molecular flexibility index (Phi) is 6.92. The van der Waals surface area contributed by atoms with E-state index >= 15 is 0 Å². The lowest BCUT2D eigenvalue weighted by molar-refractivity contribution is -0.145. The van der Waals surface area contributed by atoms with Gasteiger partial charge in [-0.15, -0.1) is 13.2 Å². The van der Waals surface area contributed by atoms with E-state index in [0.29, 0.717) is 0 Å². The molecule has 4 nitrogen and oxygen atoms in total. The zero-order valence-electron chi connectivity index (χ0n) is 9.77. The second-order valence-corrected chi connectivity index (χ2v) is 3.40. The van der Waals surface area contributed by atoms with Gasteiger partial charge in [0.2, 0.25) is 0 Å². The molecule has 0 bridgehead atoms. The van der Waals surface area contributed by atoms with Crippen molar-refractivity contribution in [2.24, 2.45) is 11.8 Å². The van der Waals surface area contributed by atoms with Gasteiger partial charge in [-0.1, -0.05) is 12.2 Å². The summed E-state index contributed by atoms with van der Waals surface area (Å²) in [6, 6.07) is 0. The lowest BCUT2D eigenvalue weighted by Crippen LogP contribution is -2.23. The molecule has 0 aromatic rings. The van der Waals surface area contributed by atoms with Gasteiger partial charge in [-0.3, -0.25) is 9.59 Å². The minimum atomic E-state index is -0.345. The predicted molar refractivity (Wildman–Crippen MR) is 60.6 cm³/mol. The first-order chi connectivity index (χ1) is 7.51. The molecular weight excluding hydrogens is 208 g/mol. The first-order valence-corrected chi connectivity index (χ1v) is 5.03. The van der Waals surface area contributed by atoms with Gasteiger partial charge in [-0.25, -0.2) is 0 Å². The van der Waals surface area contributed by atoms with Crippen LogP contribution in [0.15, 0.2) is 25.3 Å². The van der Waals surface area contributed by atoms with E-state index in [2.05, 4.69) is 13.2 Å². The van der Waals surface area contributed by atoms with Gasteiger partial charge in [0.25, 0.3) is 0 Å². The molecule has 0 rings (SSSR count). The first kappa shape index (κ1) is 14.4. The number of ether oxygens (including phenoxy) is 2. The van der Waals surface area contributed by atoms with Crippen molar-refractivity contribution in [3.8, 4) is 0 Å². The van der Waals surface area contributed by atoms with Crippen molar-refractivity contribution in [1.29, 1.82) is 0 Å². The quantitative estimate of drug-likeness (QED) is 0.490. The third-order valence-electron chi connectivity index (χ3n) is 2.11. The van der Waals surface area contributed by atoms with Crippen LogP contribution in [0.4, 0.5) is 0 Å². The Bertz CT molecular complexity index is 242. The third-order valence-corrected chi connectivity index (χ3v) is 2.11. The van der Waals surface area contributed by atoms with Crippen LogP contribution in [0.2, 0.25) is 0 Å². The first-order valence-electron chi connectivity index (χ1n) is 5.03. The summed E-state index contributed by atoms with van der Waals surface area (Å²) in [5, 5.41) is 0. The largest absolute Gasteiger partial charge is 0.465 e. The molecule has 0 aliphatic rings. The molecule has 4 heteroatoms. The van der Waals surface area contributed by atoms with Crippen molar-refractivity contribution >= 4 is 11.9 Å². The van der Waals surface area contributed by atoms with E-state index < -0.39 is 0 Å². The lowest BCUT2D eigenvalue weighted by Gasteiger charge is -2.20. The highest BCUT2D eigenvalue weighted by molar-refractivity contribution is 5.66. The Balaban J connectivity index is 4.26. The van der Waals surface area contributed by atoms with Crippen molar-refractivity contribution < 1.29 is 19.1 Å². The summed E-state index contributed by atoms with van der Waals surface area (Å²) in [6.07, 6.45) is 3.33. The fourth-order valence-electron chi connectivity index (χ4n) is 1.16. The van der Waals surface area contributed by atoms with Crippen LogP contribution in [-0.4, -0.2) is 25.2 Å². The maximum atomic E-state index is 10.7. The van der Waals surface area contributed by atoms with Crippen LogP contribution in [0.25, 0.3) is 0 Å². The zero-order chi connectivity index (χ0) is 12.6. The molecule has 0 aromatic carbocycles. The van der Waals surface area contributed by atoms with Gasteiger partial charge in [-0.2, -0.15) is 0 Å². The van der Waals surface area contributed by atoms with Gasteiger partial charge >= 0.3 is 11.9 Å². The molecule has 0 aromatic heterocycles. The molecule has 16 heavy (non-hydrogen) atoms. The maximum absolute atomic E-state index is 10.7. The van der Waals surface area contributed by atoms with E-state index in [1.165, 1.54) is 13.8 Å². The number of carbonyl (C=O) groups excluding carboxylic acids is 2. The van der Waals surface area contributed by atoms with Gasteiger partial charge in [0.05, 0.1) is 13.2 Å². The van der Waals surface area contributed by atoms with Crippen molar-refractivity contribution in [2.75, 3.05) is 13.2 Å². The molecule has 0 aliphatic carbocycles. The molecule has 0 amide bonds. The van der Waals surface area contributed by atoms with Crippen LogP contribution >= 0.6 is 0 Å². The minimum absolute atomic E-state index is 0.0965. The fourth-order valence-corrected chi connectivity index (χ4v) is 1.16. The van der Waals surface area contributed by atoms with Crippen LogP contribution in [0, 0.1) is 11.8 Å². The van der Waals surface area contributed by atoms with Gasteiger partial charge in [0, 0.05) is 25.7 Å². The van der Waals surface area contributed by atoms with E-state index in [1.807, 2.05) is 0 Å². The zero-order valence-corrected chi connectivity index (χ0v) is 9.77. The normalized spacial score (nSPS) is 13.4. The summed E-state index contributed by atoms with van der Waals surface area (Å²) in [7, 11) is 0. The second-order valence-electron chi connectivity index (χ2n) is 3.40. The molecule has 0 spiro atoms. The highest BCUT2D eigenvalue weighted by Gasteiger charge is 2.18. The maximum Gasteiger partial charge on any atom is 0.302 e. The van der Waals surface area contributed by atoms with E-state index in [-0.39, 0.29) is 37.0 Å². The standard InChI is InChI=1S/C12H18O4/c1-5-11(7-15-9(3)13)12(6-2)8-16-10(4)14/h5-6,11-12H,1-2,7-8H2,3-4H3/t11-,12-/m1/s1. The predicted octanol–water partition coefficient (Wildman–Crippen LogP) is 1.72. The molecule has 0 radical (unpaired) electrons. The average Bonchev–Trinajstić information content (AvgIpc) is 2.22. The molecule has 0 heterocycles. The van der Waals surface area contributed by atoms with Crippen LogP contribution < -0.4 is 0 Å². The van der Waals surface area contributed by atoms with Gasteiger partial charge < -0.3 is 9.47 Å². The van der Waals surface area contributed by atoms with Crippen LogP contribution in [0.1, 0.15) is 13.8 Å². The molecule has 90 valence electrons. The summed E-state index contributed by atoms with van der Waals surface area (Å²) < 4.78 is 9.77. The highest BCUT2D eigenvalue weighted by atomic mass is 16.5. The van der Waals surface area contributed by atoms with Crippen molar-refractivity contribution in [3.63, 3.8) is 0 Å². The van der Waals surface area contributed by atoms with Crippen LogP contribution in [-0.2, 0) is 19.1 Å². The summed E-state index contributed by atoms with van der Waals surface area (Å²) >= 11 is 0. The van der Waals surface area contributed by atoms with Gasteiger partial charge in [0.15, 0.2) is 0 Å². The summed E-state index contributed by atoms with van der Waals surface area (Å²) in [4.78, 5) is 21.3. The number of hydrogen-bond acceptors (Lipinski definition) is 4. The highest BCUT2D eigenvalue weighted by Crippen LogP contribution is 2.16. The average molecular weight is 226 g/mol. The summed E-state index contributed by atoms with van der Waals surface area (Å²) in [5.41, 5.74) is 0. The Morgan fingerprint density at radius 1 is 1.00 bits per heavy atom. The Morgan fingerprint density at radius 2 is 1.31 bits per heavy atom. The van der Waals surface area contributed by atoms with Crippen molar-refractivity contribution in [3.05, 3.63) is 25.3 Å². The molecule has 2 atom stereocenters. The minimum Gasteiger partial charge on any atom is -0.465 e. The Hall–Kier alpha value is -1.58. The monoisotopic (exact) mass is 226 g/mol. The molecule has 0 saturated heterocycles. The molecule has 0 fully saturated rings.